The van der Waals surface area contributed by atoms with E-state index >= 15 is 0 Å². The van der Waals surface area contributed by atoms with Crippen molar-refractivity contribution in [3.63, 3.8) is 0 Å². The molecule has 0 saturated heterocycles. The Morgan fingerprint density at radius 3 is 2.48 bits per heavy atom. The fraction of sp³-hybridized carbons (Fsp3) is 0.385. The lowest BCUT2D eigenvalue weighted by Crippen LogP contribution is -2.22. The Bertz CT molecular complexity index is 1310. The molecule has 0 radical (unpaired) electrons. The van der Waals surface area contributed by atoms with Gasteiger partial charge in [-0.1, -0.05) is 38.6 Å². The standard InChI is InChI=1S/C26H30N4OS2/c1-15(2)30-24(28-29-25(30)33-14-23(31)26(5,6)7)19-13-21(22-9-8-10-32-22)27-20-12-17(4)16(3)11-18(19)20/h8-13,15H,14H2,1-7H3. The summed E-state index contributed by atoms with van der Waals surface area (Å²) in [7, 11) is 0. The van der Waals surface area contributed by atoms with Crippen LogP contribution in [0.15, 0.2) is 40.9 Å². The monoisotopic (exact) mass is 478 g/mol. The van der Waals surface area contributed by atoms with Gasteiger partial charge < -0.3 is 0 Å². The Kier molecular flexibility index (Phi) is 6.47. The van der Waals surface area contributed by atoms with E-state index in [4.69, 9.17) is 4.98 Å². The van der Waals surface area contributed by atoms with Crippen molar-refractivity contribution in [3.8, 4) is 22.0 Å². The summed E-state index contributed by atoms with van der Waals surface area (Å²) in [6.07, 6.45) is 0. The highest BCUT2D eigenvalue weighted by Gasteiger charge is 2.24. The molecule has 4 rings (SSSR count). The normalized spacial score (nSPS) is 12.1. The number of nitrogens with zero attached hydrogens (tertiary/aromatic N) is 4. The average molecular weight is 479 g/mol. The number of carbonyl (C=O) groups excluding carboxylic acids is 1. The summed E-state index contributed by atoms with van der Waals surface area (Å²) in [6, 6.07) is 10.8. The highest BCUT2D eigenvalue weighted by atomic mass is 32.2. The molecule has 0 unspecified atom stereocenters. The van der Waals surface area contributed by atoms with Gasteiger partial charge >= 0.3 is 0 Å². The first-order valence-corrected chi connectivity index (χ1v) is 13.0. The lowest BCUT2D eigenvalue weighted by Gasteiger charge is -2.18. The highest BCUT2D eigenvalue weighted by Crippen LogP contribution is 2.36. The maximum absolute atomic E-state index is 12.5. The van der Waals surface area contributed by atoms with E-state index in [-0.39, 0.29) is 17.2 Å². The van der Waals surface area contributed by atoms with Crippen molar-refractivity contribution >= 4 is 39.8 Å². The van der Waals surface area contributed by atoms with Gasteiger partial charge in [0, 0.05) is 22.4 Å². The second kappa shape index (κ2) is 9.03. The van der Waals surface area contributed by atoms with Crippen LogP contribution < -0.4 is 0 Å². The molecule has 0 saturated carbocycles. The van der Waals surface area contributed by atoms with Gasteiger partial charge in [-0.2, -0.15) is 0 Å². The van der Waals surface area contributed by atoms with Crippen molar-refractivity contribution in [2.45, 2.75) is 59.7 Å². The maximum atomic E-state index is 12.5. The quantitative estimate of drug-likeness (QED) is 0.276. The summed E-state index contributed by atoms with van der Waals surface area (Å²) < 4.78 is 2.14. The van der Waals surface area contributed by atoms with Crippen LogP contribution in [0.3, 0.4) is 0 Å². The third-order valence-corrected chi connectivity index (χ3v) is 7.62. The zero-order chi connectivity index (χ0) is 23.9. The Balaban J connectivity index is 1.88. The van der Waals surface area contributed by atoms with Crippen LogP contribution in [-0.4, -0.2) is 31.3 Å². The van der Waals surface area contributed by atoms with E-state index < -0.39 is 0 Å². The molecule has 1 aromatic carbocycles. The zero-order valence-corrected chi connectivity index (χ0v) is 21.9. The Morgan fingerprint density at radius 1 is 1.12 bits per heavy atom. The van der Waals surface area contributed by atoms with E-state index in [1.54, 1.807) is 11.3 Å². The van der Waals surface area contributed by atoms with Crippen LogP contribution in [0.2, 0.25) is 0 Å². The summed E-state index contributed by atoms with van der Waals surface area (Å²) in [5, 5.41) is 13.0. The molecule has 3 heterocycles. The topological polar surface area (TPSA) is 60.7 Å². The van der Waals surface area contributed by atoms with Gasteiger partial charge in [-0.15, -0.1) is 21.5 Å². The second-order valence-electron chi connectivity index (χ2n) is 9.72. The SMILES string of the molecule is Cc1cc2nc(-c3cccs3)cc(-c3nnc(SCC(=O)C(C)(C)C)n3C(C)C)c2cc1C. The van der Waals surface area contributed by atoms with Crippen LogP contribution in [0.5, 0.6) is 0 Å². The number of thioether (sulfide) groups is 1. The van der Waals surface area contributed by atoms with E-state index in [9.17, 15) is 4.79 Å². The molecule has 0 atom stereocenters. The van der Waals surface area contributed by atoms with Gasteiger partial charge in [-0.3, -0.25) is 9.36 Å². The number of aromatic nitrogens is 4. The van der Waals surface area contributed by atoms with Crippen LogP contribution in [0.4, 0.5) is 0 Å². The summed E-state index contributed by atoms with van der Waals surface area (Å²) in [6.45, 7) is 14.4. The number of hydrogen-bond donors (Lipinski definition) is 0. The van der Waals surface area contributed by atoms with Crippen LogP contribution >= 0.6 is 23.1 Å². The third kappa shape index (κ3) is 4.75. The predicted octanol–water partition coefficient (Wildman–Crippen LogP) is 7.13. The number of aryl methyl sites for hydroxylation is 2. The minimum absolute atomic E-state index is 0.141. The molecule has 0 aliphatic rings. The van der Waals surface area contributed by atoms with Crippen molar-refractivity contribution in [2.75, 3.05) is 5.75 Å². The molecule has 7 heteroatoms. The van der Waals surface area contributed by atoms with E-state index in [0.717, 1.165) is 38.0 Å². The molecule has 33 heavy (non-hydrogen) atoms. The van der Waals surface area contributed by atoms with Crippen LogP contribution in [0.1, 0.15) is 51.8 Å². The number of fused-ring (bicyclic) bond motifs is 1. The lowest BCUT2D eigenvalue weighted by atomic mass is 9.92. The summed E-state index contributed by atoms with van der Waals surface area (Å²) in [4.78, 5) is 18.6. The number of carbonyl (C=O) groups is 1. The predicted molar refractivity (Wildman–Crippen MR) is 139 cm³/mol. The molecule has 0 fully saturated rings. The minimum Gasteiger partial charge on any atom is -0.299 e. The first kappa shape index (κ1) is 23.6. The number of benzene rings is 1. The van der Waals surface area contributed by atoms with Crippen molar-refractivity contribution in [3.05, 3.63) is 46.8 Å². The van der Waals surface area contributed by atoms with Gasteiger partial charge in [0.05, 0.1) is 21.8 Å². The minimum atomic E-state index is -0.370. The van der Waals surface area contributed by atoms with Gasteiger partial charge in [0.15, 0.2) is 11.0 Å². The molecule has 0 amide bonds. The largest absolute Gasteiger partial charge is 0.299 e. The molecule has 0 bridgehead atoms. The smallest absolute Gasteiger partial charge is 0.192 e. The Morgan fingerprint density at radius 2 is 1.85 bits per heavy atom. The number of pyridine rings is 1. The van der Waals surface area contributed by atoms with Crippen molar-refractivity contribution in [1.29, 1.82) is 0 Å². The Hall–Kier alpha value is -2.51. The summed E-state index contributed by atoms with van der Waals surface area (Å²) >= 11 is 3.14. The first-order chi connectivity index (χ1) is 15.6. The molecule has 172 valence electrons. The number of ketones is 1. The van der Waals surface area contributed by atoms with Crippen LogP contribution in [0.25, 0.3) is 32.9 Å². The molecule has 4 aromatic rings. The lowest BCUT2D eigenvalue weighted by molar-refractivity contribution is -0.123. The number of rotatable bonds is 6. The van der Waals surface area contributed by atoms with Crippen LogP contribution in [0, 0.1) is 19.3 Å². The summed E-state index contributed by atoms with van der Waals surface area (Å²) in [5.74, 6) is 1.39. The van der Waals surface area contributed by atoms with Gasteiger partial charge in [-0.25, -0.2) is 4.98 Å². The second-order valence-corrected chi connectivity index (χ2v) is 11.6. The number of thiophene rings is 1. The van der Waals surface area contributed by atoms with Gasteiger partial charge in [0.2, 0.25) is 0 Å². The average Bonchev–Trinajstić information content (AvgIpc) is 3.41. The van der Waals surface area contributed by atoms with E-state index in [1.807, 2.05) is 26.8 Å². The molecule has 0 aliphatic carbocycles. The fourth-order valence-corrected chi connectivity index (χ4v) is 5.51. The van der Waals surface area contributed by atoms with E-state index in [1.165, 1.54) is 22.9 Å². The molecular weight excluding hydrogens is 448 g/mol. The zero-order valence-electron chi connectivity index (χ0n) is 20.3. The maximum Gasteiger partial charge on any atom is 0.192 e. The third-order valence-electron chi connectivity index (χ3n) is 5.79. The van der Waals surface area contributed by atoms with Crippen molar-refractivity contribution in [2.24, 2.45) is 5.41 Å². The molecule has 3 aromatic heterocycles. The van der Waals surface area contributed by atoms with Crippen LogP contribution in [-0.2, 0) is 4.79 Å². The van der Waals surface area contributed by atoms with Gasteiger partial charge in [0.25, 0.3) is 0 Å². The van der Waals surface area contributed by atoms with E-state index in [2.05, 4.69) is 72.1 Å². The summed E-state index contributed by atoms with van der Waals surface area (Å²) in [5.41, 5.74) is 4.97. The molecular formula is C26H30N4OS2. The molecule has 0 N–H and O–H groups in total. The van der Waals surface area contributed by atoms with Crippen molar-refractivity contribution < 1.29 is 4.79 Å². The van der Waals surface area contributed by atoms with Gasteiger partial charge in [0.1, 0.15) is 5.78 Å². The van der Waals surface area contributed by atoms with Gasteiger partial charge in [-0.05, 0) is 68.5 Å². The Labute approximate surface area is 203 Å². The molecule has 0 spiro atoms. The first-order valence-electron chi connectivity index (χ1n) is 11.1. The van der Waals surface area contributed by atoms with Crippen molar-refractivity contribution in [1.82, 2.24) is 19.7 Å². The van der Waals surface area contributed by atoms with E-state index in [0.29, 0.717) is 5.75 Å². The number of Topliss-reactive ketones (excluding diaryl/α,β-unsaturated/α-hetero) is 1. The molecule has 5 nitrogen and oxygen atoms in total. The number of hydrogen-bond acceptors (Lipinski definition) is 6. The highest BCUT2D eigenvalue weighted by molar-refractivity contribution is 7.99. The fourth-order valence-electron chi connectivity index (χ4n) is 3.59. The molecule has 0 aliphatic heterocycles.